The number of methoxy groups -OCH3 is 1. The molecule has 5 rings (SSSR count). The van der Waals surface area contributed by atoms with Gasteiger partial charge in [-0.1, -0.05) is 0 Å². The lowest BCUT2D eigenvalue weighted by Crippen LogP contribution is -2.43. The van der Waals surface area contributed by atoms with Gasteiger partial charge in [-0.2, -0.15) is 5.26 Å². The molecule has 0 spiro atoms. The summed E-state index contributed by atoms with van der Waals surface area (Å²) in [5, 5.41) is 13.4. The quantitative estimate of drug-likeness (QED) is 0.674. The number of aromatic nitrogens is 3. The first-order valence-corrected chi connectivity index (χ1v) is 10.1. The van der Waals surface area contributed by atoms with Gasteiger partial charge in [0.2, 0.25) is 5.95 Å². The van der Waals surface area contributed by atoms with Gasteiger partial charge in [0.15, 0.2) is 6.19 Å². The van der Waals surface area contributed by atoms with Crippen LogP contribution in [0.3, 0.4) is 0 Å². The van der Waals surface area contributed by atoms with Crippen LogP contribution in [0.5, 0.6) is 5.75 Å². The Kier molecular flexibility index (Phi) is 4.31. The highest BCUT2D eigenvalue weighted by atomic mass is 16.5. The van der Waals surface area contributed by atoms with E-state index in [4.69, 9.17) is 4.74 Å². The third-order valence-corrected chi connectivity index (χ3v) is 6.22. The fraction of sp³-hybridized carbons (Fsp3) is 0.364. The zero-order valence-corrected chi connectivity index (χ0v) is 16.9. The van der Waals surface area contributed by atoms with Crippen molar-refractivity contribution in [2.75, 3.05) is 7.11 Å². The van der Waals surface area contributed by atoms with Gasteiger partial charge in [-0.25, -0.2) is 9.97 Å². The highest BCUT2D eigenvalue weighted by molar-refractivity contribution is 6.01. The predicted octanol–water partition coefficient (Wildman–Crippen LogP) is 2.55. The van der Waals surface area contributed by atoms with E-state index in [-0.39, 0.29) is 24.0 Å². The highest BCUT2D eigenvalue weighted by Crippen LogP contribution is 2.37. The second kappa shape index (κ2) is 7.02. The Hall–Kier alpha value is -3.60. The van der Waals surface area contributed by atoms with Crippen LogP contribution in [0.1, 0.15) is 35.3 Å². The summed E-state index contributed by atoms with van der Waals surface area (Å²) in [6.07, 6.45) is 8.68. The number of carbonyl (C=O) groups excluding carboxylic acids is 1. The van der Waals surface area contributed by atoms with Gasteiger partial charge in [0.1, 0.15) is 5.75 Å². The first-order valence-electron chi connectivity index (χ1n) is 10.1. The first kappa shape index (κ1) is 18.4. The van der Waals surface area contributed by atoms with Crippen molar-refractivity contribution in [3.8, 4) is 17.9 Å². The highest BCUT2D eigenvalue weighted by Gasteiger charge is 2.46. The summed E-state index contributed by atoms with van der Waals surface area (Å²) in [6.45, 7) is 1.92. The molecule has 2 aliphatic rings. The van der Waals surface area contributed by atoms with Crippen molar-refractivity contribution in [3.05, 3.63) is 47.9 Å². The molecular weight excluding hydrogens is 380 g/mol. The normalized spacial score (nSPS) is 22.3. The van der Waals surface area contributed by atoms with Gasteiger partial charge in [0, 0.05) is 35.6 Å². The number of aryl methyl sites for hydroxylation is 1. The largest absolute Gasteiger partial charge is 0.496 e. The number of nitrogens with zero attached hydrogens (tertiary/aromatic N) is 5. The minimum atomic E-state index is -0.177. The number of ether oxygens (including phenoxy) is 1. The Morgan fingerprint density at radius 3 is 2.93 bits per heavy atom. The number of amides is 1. The molecule has 1 aromatic carbocycles. The predicted molar refractivity (Wildman–Crippen MR) is 110 cm³/mol. The molecule has 30 heavy (non-hydrogen) atoms. The zero-order valence-electron chi connectivity index (χ0n) is 16.9. The van der Waals surface area contributed by atoms with Crippen LogP contribution in [0.25, 0.3) is 16.9 Å². The summed E-state index contributed by atoms with van der Waals surface area (Å²) < 4.78 is 7.43. The molecule has 4 heterocycles. The molecule has 0 radical (unpaired) electrons. The molecule has 8 nitrogen and oxygen atoms in total. The van der Waals surface area contributed by atoms with Gasteiger partial charge < -0.3 is 15.0 Å². The van der Waals surface area contributed by atoms with E-state index in [1.165, 1.54) is 0 Å². The fourth-order valence-corrected chi connectivity index (χ4v) is 4.78. The van der Waals surface area contributed by atoms with Gasteiger partial charge in [0.05, 0.1) is 30.3 Å². The molecule has 1 amide bonds. The lowest BCUT2D eigenvalue weighted by molar-refractivity contribution is 0.0925. The van der Waals surface area contributed by atoms with Crippen LogP contribution in [-0.4, -0.2) is 50.6 Å². The van der Waals surface area contributed by atoms with Gasteiger partial charge in [-0.3, -0.25) is 9.36 Å². The molecule has 3 aromatic rings. The second-order valence-electron chi connectivity index (χ2n) is 7.92. The Bertz CT molecular complexity index is 1180. The average molecular weight is 402 g/mol. The summed E-state index contributed by atoms with van der Waals surface area (Å²) in [6, 6.07) is 7.80. The number of hydrogen-bond donors (Lipinski definition) is 1. The van der Waals surface area contributed by atoms with Crippen molar-refractivity contribution in [3.63, 3.8) is 0 Å². The lowest BCUT2D eigenvalue weighted by atomic mass is 9.95. The van der Waals surface area contributed by atoms with Gasteiger partial charge in [0.25, 0.3) is 5.91 Å². The van der Waals surface area contributed by atoms with Crippen molar-refractivity contribution in [2.45, 2.75) is 44.3 Å². The van der Waals surface area contributed by atoms with Crippen molar-refractivity contribution < 1.29 is 9.53 Å². The molecular formula is C22H22N6O2. The van der Waals surface area contributed by atoms with E-state index in [1.54, 1.807) is 13.3 Å². The van der Waals surface area contributed by atoms with Crippen LogP contribution in [0, 0.1) is 18.4 Å². The maximum atomic E-state index is 13.1. The van der Waals surface area contributed by atoms with Crippen LogP contribution in [0.15, 0.2) is 36.7 Å². The van der Waals surface area contributed by atoms with Crippen LogP contribution in [0.2, 0.25) is 0 Å². The topological polar surface area (TPSA) is 96.1 Å². The van der Waals surface area contributed by atoms with E-state index in [0.29, 0.717) is 17.3 Å². The molecule has 2 aliphatic heterocycles. The van der Waals surface area contributed by atoms with Crippen molar-refractivity contribution in [2.24, 2.45) is 0 Å². The van der Waals surface area contributed by atoms with E-state index in [9.17, 15) is 10.1 Å². The summed E-state index contributed by atoms with van der Waals surface area (Å²) >= 11 is 0. The molecule has 2 saturated heterocycles. The molecule has 0 unspecified atom stereocenters. The third-order valence-electron chi connectivity index (χ3n) is 6.22. The van der Waals surface area contributed by atoms with Crippen LogP contribution < -0.4 is 10.1 Å². The molecule has 1 N–H and O–H groups in total. The number of carbonyl (C=O) groups is 1. The smallest absolute Gasteiger partial charge is 0.255 e. The molecule has 0 saturated carbocycles. The van der Waals surface area contributed by atoms with Gasteiger partial charge in [-0.05, 0) is 44.4 Å². The molecule has 152 valence electrons. The van der Waals surface area contributed by atoms with E-state index in [2.05, 4.69) is 21.5 Å². The SMILES string of the molecule is COc1cc2c(ccn2-c2nccc(C)n2)cc1C(=O)N[C@@H]1C[C@@H]2CC[C@H]1N2C#N. The van der Waals surface area contributed by atoms with E-state index in [0.717, 1.165) is 35.9 Å². The molecule has 2 aromatic heterocycles. The summed E-state index contributed by atoms with van der Waals surface area (Å²) in [4.78, 5) is 23.8. The minimum Gasteiger partial charge on any atom is -0.496 e. The Morgan fingerprint density at radius 1 is 1.33 bits per heavy atom. The number of rotatable bonds is 4. The van der Waals surface area contributed by atoms with E-state index < -0.39 is 0 Å². The fourth-order valence-electron chi connectivity index (χ4n) is 4.78. The van der Waals surface area contributed by atoms with Crippen LogP contribution in [0.4, 0.5) is 0 Å². The van der Waals surface area contributed by atoms with Gasteiger partial charge in [-0.15, -0.1) is 0 Å². The maximum absolute atomic E-state index is 13.1. The second-order valence-corrected chi connectivity index (χ2v) is 7.92. The summed E-state index contributed by atoms with van der Waals surface area (Å²) in [7, 11) is 1.56. The van der Waals surface area contributed by atoms with Gasteiger partial charge >= 0.3 is 0 Å². The molecule has 2 fully saturated rings. The molecule has 2 bridgehead atoms. The van der Waals surface area contributed by atoms with Crippen molar-refractivity contribution >= 4 is 16.8 Å². The zero-order chi connectivity index (χ0) is 20.8. The van der Waals surface area contributed by atoms with Crippen molar-refractivity contribution in [1.82, 2.24) is 24.8 Å². The molecule has 0 aliphatic carbocycles. The minimum absolute atomic E-state index is 0.0124. The summed E-state index contributed by atoms with van der Waals surface area (Å²) in [5.74, 6) is 0.888. The number of nitrogens with one attached hydrogen (secondary N) is 1. The molecule has 8 heteroatoms. The summed E-state index contributed by atoms with van der Waals surface area (Å²) in [5.41, 5.74) is 2.23. The maximum Gasteiger partial charge on any atom is 0.255 e. The third kappa shape index (κ3) is 2.86. The van der Waals surface area contributed by atoms with E-state index in [1.807, 2.05) is 46.9 Å². The number of benzene rings is 1. The average Bonchev–Trinajstić information content (AvgIpc) is 3.44. The standard InChI is InChI=1S/C22H22N6O2/c1-13-5-7-24-22(25-13)27-8-6-14-9-16(20(30-2)11-19(14)27)21(29)26-17-10-15-3-4-18(17)28(15)12-23/h5-9,11,15,17-18H,3-4,10H2,1-2H3,(H,26,29)/t15-,17+,18+/m0/s1. The Morgan fingerprint density at radius 2 is 2.20 bits per heavy atom. The molecule has 3 atom stereocenters. The monoisotopic (exact) mass is 402 g/mol. The van der Waals surface area contributed by atoms with Crippen molar-refractivity contribution in [1.29, 1.82) is 5.26 Å². The number of nitriles is 1. The lowest BCUT2D eigenvalue weighted by Gasteiger charge is -2.22. The Labute approximate surface area is 174 Å². The van der Waals surface area contributed by atoms with Crippen LogP contribution >= 0.6 is 0 Å². The number of hydrogen-bond acceptors (Lipinski definition) is 6. The van der Waals surface area contributed by atoms with E-state index >= 15 is 0 Å². The first-order chi connectivity index (χ1) is 14.6. The number of fused-ring (bicyclic) bond motifs is 3. The Balaban J connectivity index is 1.46. The van der Waals surface area contributed by atoms with Crippen LogP contribution in [-0.2, 0) is 0 Å².